The zero-order valence-electron chi connectivity index (χ0n) is 19.8. The molecule has 182 valence electrons. The van der Waals surface area contributed by atoms with Gasteiger partial charge < -0.3 is 28.6 Å². The summed E-state index contributed by atoms with van der Waals surface area (Å²) >= 11 is 0. The van der Waals surface area contributed by atoms with Gasteiger partial charge >= 0.3 is 0 Å². The van der Waals surface area contributed by atoms with Gasteiger partial charge in [0.15, 0.2) is 0 Å². The van der Waals surface area contributed by atoms with E-state index in [1.807, 2.05) is 32.0 Å². The second-order valence-corrected chi connectivity index (χ2v) is 7.78. The average Bonchev–Trinajstić information content (AvgIpc) is 3.47. The Labute approximate surface area is 203 Å². The summed E-state index contributed by atoms with van der Waals surface area (Å²) in [6, 6.07) is 14.6. The van der Waals surface area contributed by atoms with Crippen molar-refractivity contribution < 1.29 is 33.3 Å². The van der Waals surface area contributed by atoms with Gasteiger partial charge in [0.25, 0.3) is 11.7 Å². The topological polar surface area (TPSA) is 98.4 Å². The number of amides is 1. The first-order chi connectivity index (χ1) is 17.0. The van der Waals surface area contributed by atoms with Crippen LogP contribution in [0.3, 0.4) is 0 Å². The van der Waals surface area contributed by atoms with Crippen LogP contribution >= 0.6 is 0 Å². The summed E-state index contributed by atoms with van der Waals surface area (Å²) in [5.74, 6) is -0.0734. The third-order valence-electron chi connectivity index (χ3n) is 5.70. The van der Waals surface area contributed by atoms with E-state index in [0.29, 0.717) is 41.8 Å². The molecule has 0 spiro atoms. The molecule has 2 aromatic carbocycles. The number of furan rings is 1. The van der Waals surface area contributed by atoms with E-state index >= 15 is 0 Å². The number of nitrogens with zero attached hydrogens (tertiary/aromatic N) is 1. The van der Waals surface area contributed by atoms with Crippen LogP contribution in [0.1, 0.15) is 36.8 Å². The van der Waals surface area contributed by atoms with Crippen molar-refractivity contribution in [3.05, 3.63) is 83.3 Å². The van der Waals surface area contributed by atoms with Gasteiger partial charge in [0, 0.05) is 11.6 Å². The molecular weight excluding hydrogens is 450 g/mol. The summed E-state index contributed by atoms with van der Waals surface area (Å²) in [6.45, 7) is 4.55. The van der Waals surface area contributed by atoms with Crippen LogP contribution in [0.15, 0.2) is 70.9 Å². The van der Waals surface area contributed by atoms with Gasteiger partial charge in [-0.05, 0) is 44.2 Å². The molecule has 35 heavy (non-hydrogen) atoms. The molecule has 0 aliphatic carbocycles. The third kappa shape index (κ3) is 4.59. The Morgan fingerprint density at radius 3 is 2.46 bits per heavy atom. The highest BCUT2D eigenvalue weighted by atomic mass is 16.5. The fraction of sp³-hybridized carbons (Fsp3) is 0.259. The molecule has 1 aliphatic heterocycles. The van der Waals surface area contributed by atoms with Crippen LogP contribution in [-0.4, -0.2) is 42.0 Å². The van der Waals surface area contributed by atoms with E-state index in [1.54, 1.807) is 36.4 Å². The highest BCUT2D eigenvalue weighted by molar-refractivity contribution is 6.46. The standard InChI is InChI=1S/C27H27NO7/c1-4-33-18-12-13-19(22(15-18)34-5-2)25(29)23-24(21-11-8-14-35-21)28(27(31)26(23)30)16-17-9-6-7-10-20(17)32-3/h6-15,24,29H,4-5,16H2,1-3H3/b25-23-. The Kier molecular flexibility index (Phi) is 7.10. The van der Waals surface area contributed by atoms with Gasteiger partial charge in [0.2, 0.25) is 0 Å². The van der Waals surface area contributed by atoms with Crippen LogP contribution < -0.4 is 14.2 Å². The molecule has 2 heterocycles. The van der Waals surface area contributed by atoms with Gasteiger partial charge in [-0.25, -0.2) is 0 Å². The maximum absolute atomic E-state index is 13.3. The minimum atomic E-state index is -0.934. The van der Waals surface area contributed by atoms with Crippen LogP contribution in [0.4, 0.5) is 0 Å². The van der Waals surface area contributed by atoms with Gasteiger partial charge in [0.05, 0.1) is 44.3 Å². The van der Waals surface area contributed by atoms with E-state index in [-0.39, 0.29) is 23.4 Å². The summed E-state index contributed by atoms with van der Waals surface area (Å²) < 4.78 is 22.3. The van der Waals surface area contributed by atoms with E-state index in [9.17, 15) is 14.7 Å². The first-order valence-corrected chi connectivity index (χ1v) is 11.3. The third-order valence-corrected chi connectivity index (χ3v) is 5.70. The smallest absolute Gasteiger partial charge is 0.296 e. The predicted molar refractivity (Wildman–Crippen MR) is 128 cm³/mol. The van der Waals surface area contributed by atoms with Gasteiger partial charge in [-0.15, -0.1) is 0 Å². The Bertz CT molecular complexity index is 1250. The van der Waals surface area contributed by atoms with Crippen LogP contribution in [0.2, 0.25) is 0 Å². The molecule has 8 nitrogen and oxygen atoms in total. The summed E-state index contributed by atoms with van der Waals surface area (Å²) in [4.78, 5) is 27.9. The number of hydrogen-bond acceptors (Lipinski definition) is 7. The van der Waals surface area contributed by atoms with Gasteiger partial charge in [-0.1, -0.05) is 18.2 Å². The van der Waals surface area contributed by atoms with Crippen molar-refractivity contribution in [2.75, 3.05) is 20.3 Å². The number of carbonyl (C=O) groups excluding carboxylic acids is 2. The van der Waals surface area contributed by atoms with Crippen molar-refractivity contribution in [2.24, 2.45) is 0 Å². The second-order valence-electron chi connectivity index (χ2n) is 7.78. The van der Waals surface area contributed by atoms with Crippen molar-refractivity contribution in [1.29, 1.82) is 0 Å². The number of rotatable bonds is 9. The maximum Gasteiger partial charge on any atom is 0.296 e. The molecular formula is C27H27NO7. The number of likely N-dealkylation sites (tertiary alicyclic amines) is 1. The molecule has 0 radical (unpaired) electrons. The molecule has 1 aromatic heterocycles. The van der Waals surface area contributed by atoms with Crippen molar-refractivity contribution in [2.45, 2.75) is 26.4 Å². The molecule has 3 aromatic rings. The van der Waals surface area contributed by atoms with Crippen LogP contribution in [0.5, 0.6) is 17.2 Å². The molecule has 0 saturated carbocycles. The largest absolute Gasteiger partial charge is 0.507 e. The first-order valence-electron chi connectivity index (χ1n) is 11.3. The Morgan fingerprint density at radius 2 is 1.77 bits per heavy atom. The van der Waals surface area contributed by atoms with Crippen LogP contribution in [0, 0.1) is 0 Å². The van der Waals surface area contributed by atoms with E-state index in [0.717, 1.165) is 0 Å². The fourth-order valence-electron chi connectivity index (χ4n) is 4.18. The van der Waals surface area contributed by atoms with Gasteiger partial charge in [-0.3, -0.25) is 9.59 Å². The van der Waals surface area contributed by atoms with Crippen LogP contribution in [-0.2, 0) is 16.1 Å². The monoisotopic (exact) mass is 477 g/mol. The Morgan fingerprint density at radius 1 is 1.00 bits per heavy atom. The zero-order valence-corrected chi connectivity index (χ0v) is 19.8. The van der Waals surface area contributed by atoms with Gasteiger partial charge in [-0.2, -0.15) is 0 Å². The lowest BCUT2D eigenvalue weighted by molar-refractivity contribution is -0.140. The van der Waals surface area contributed by atoms with E-state index in [2.05, 4.69) is 0 Å². The van der Waals surface area contributed by atoms with E-state index in [4.69, 9.17) is 18.6 Å². The van der Waals surface area contributed by atoms with Crippen LogP contribution in [0.25, 0.3) is 5.76 Å². The molecule has 0 bridgehead atoms. The van der Waals surface area contributed by atoms with Crippen molar-refractivity contribution in [3.63, 3.8) is 0 Å². The molecule has 1 atom stereocenters. The van der Waals surface area contributed by atoms with E-state index < -0.39 is 17.7 Å². The average molecular weight is 478 g/mol. The number of ketones is 1. The van der Waals surface area contributed by atoms with E-state index in [1.165, 1.54) is 18.3 Å². The lowest BCUT2D eigenvalue weighted by Crippen LogP contribution is -2.29. The summed E-state index contributed by atoms with van der Waals surface area (Å²) in [5, 5.41) is 11.4. The highest BCUT2D eigenvalue weighted by Gasteiger charge is 2.47. The maximum atomic E-state index is 13.3. The lowest BCUT2D eigenvalue weighted by atomic mass is 9.98. The molecule has 8 heteroatoms. The Hall–Kier alpha value is -4.20. The number of aliphatic hydroxyl groups is 1. The first kappa shape index (κ1) is 23.9. The Balaban J connectivity index is 1.84. The SMILES string of the molecule is CCOc1ccc(/C(O)=C2/C(=O)C(=O)N(Cc3ccccc3OC)C2c2ccco2)c(OCC)c1. The fourth-order valence-corrected chi connectivity index (χ4v) is 4.18. The quantitative estimate of drug-likeness (QED) is 0.271. The molecule has 1 aliphatic rings. The molecule has 1 N–H and O–H groups in total. The molecule has 1 amide bonds. The molecule has 1 saturated heterocycles. The molecule has 1 unspecified atom stereocenters. The molecule has 4 rings (SSSR count). The number of Topliss-reactive ketones (excluding diaryl/α,β-unsaturated/α-hetero) is 1. The normalized spacial score (nSPS) is 17.0. The number of aliphatic hydroxyl groups excluding tert-OH is 1. The number of para-hydroxylation sites is 1. The van der Waals surface area contributed by atoms with Crippen molar-refractivity contribution in [3.8, 4) is 17.2 Å². The zero-order chi connectivity index (χ0) is 24.9. The number of methoxy groups -OCH3 is 1. The van der Waals surface area contributed by atoms with Crippen molar-refractivity contribution in [1.82, 2.24) is 4.90 Å². The number of hydrogen-bond donors (Lipinski definition) is 1. The highest BCUT2D eigenvalue weighted by Crippen LogP contribution is 2.43. The summed E-state index contributed by atoms with van der Waals surface area (Å²) in [6.07, 6.45) is 1.46. The number of carbonyl (C=O) groups is 2. The lowest BCUT2D eigenvalue weighted by Gasteiger charge is -2.24. The predicted octanol–water partition coefficient (Wildman–Crippen LogP) is 4.71. The molecule has 1 fully saturated rings. The number of benzene rings is 2. The second kappa shape index (κ2) is 10.4. The minimum absolute atomic E-state index is 0.0787. The minimum Gasteiger partial charge on any atom is -0.507 e. The van der Waals surface area contributed by atoms with Gasteiger partial charge in [0.1, 0.15) is 34.8 Å². The summed E-state index contributed by atoms with van der Waals surface area (Å²) in [7, 11) is 1.54. The van der Waals surface area contributed by atoms with Crippen molar-refractivity contribution >= 4 is 17.4 Å². The summed E-state index contributed by atoms with van der Waals surface area (Å²) in [5.41, 5.74) is 0.914. The number of ether oxygens (including phenoxy) is 3.